The van der Waals surface area contributed by atoms with Gasteiger partial charge in [0.05, 0.1) is 25.6 Å². The number of nitrogens with one attached hydrogen (secondary N) is 7. The van der Waals surface area contributed by atoms with Crippen molar-refractivity contribution < 1.29 is 68.1 Å². The van der Waals surface area contributed by atoms with Gasteiger partial charge in [0, 0.05) is 25.4 Å². The lowest BCUT2D eigenvalue weighted by Gasteiger charge is -2.32. The molecule has 0 aromatic heterocycles. The summed E-state index contributed by atoms with van der Waals surface area (Å²) in [5, 5.41) is 45.6. The SMILES string of the molecule is CC(C)[C@H](NC(=O)CNC(=O)[C@H](CCCN=C(N)N)NC(=O)[C@@H]1CCCN1C(=O)[C@@H](N)CS)C(=O)N[C@@H](CC(=O)O)C(=O)N1CCC[C@H]1C(=O)N[C@H](C(=O)N[C@H](C(=O)N[C@@H](CO)C(=O)O)C(C)C)C(C)C. The summed E-state index contributed by atoms with van der Waals surface area (Å²) >= 11 is 4.07. The number of likely N-dealkylation sites (tertiary alicyclic amines) is 2. The first kappa shape index (κ1) is 60.8. The number of thiol groups is 1. The number of aliphatic hydroxyl groups excluding tert-OH is 1. The molecule has 2 heterocycles. The molecule has 71 heavy (non-hydrogen) atoms. The summed E-state index contributed by atoms with van der Waals surface area (Å²) in [6, 6.07) is -11.6. The maximum atomic E-state index is 14.1. The number of carbonyl (C=O) groups excluding carboxylic acids is 9. The third-order valence-corrected chi connectivity index (χ3v) is 12.1. The highest BCUT2D eigenvalue weighted by atomic mass is 32.1. The Kier molecular flexibility index (Phi) is 25.0. The number of aliphatic imine (C=N–C) groups is 1. The molecule has 16 N–H and O–H groups in total. The molecular formula is C43H73N13O14S. The molecule has 400 valence electrons. The number of rotatable bonds is 28. The van der Waals surface area contributed by atoms with E-state index < -0.39 is 157 Å². The van der Waals surface area contributed by atoms with Crippen LogP contribution in [0.5, 0.6) is 0 Å². The summed E-state index contributed by atoms with van der Waals surface area (Å²) in [7, 11) is 0. The lowest BCUT2D eigenvalue weighted by atomic mass is 9.99. The molecule has 0 spiro atoms. The molecule has 2 aliphatic heterocycles. The number of aliphatic hydroxyl groups is 1. The van der Waals surface area contributed by atoms with Gasteiger partial charge in [-0.05, 0) is 56.3 Å². The monoisotopic (exact) mass is 1030 g/mol. The largest absolute Gasteiger partial charge is 0.481 e. The van der Waals surface area contributed by atoms with E-state index >= 15 is 0 Å². The molecule has 9 atom stereocenters. The van der Waals surface area contributed by atoms with Gasteiger partial charge in [0.2, 0.25) is 53.2 Å². The number of carboxylic acids is 2. The molecule has 2 rings (SSSR count). The third-order valence-electron chi connectivity index (χ3n) is 11.7. The predicted molar refractivity (Wildman–Crippen MR) is 257 cm³/mol. The van der Waals surface area contributed by atoms with Crippen molar-refractivity contribution in [3.63, 3.8) is 0 Å². The summed E-state index contributed by atoms with van der Waals surface area (Å²) in [6.45, 7) is 8.20. The van der Waals surface area contributed by atoms with Crippen molar-refractivity contribution in [2.24, 2.45) is 39.9 Å². The Labute approximate surface area is 417 Å². The van der Waals surface area contributed by atoms with Crippen LogP contribution in [-0.2, 0) is 52.7 Å². The van der Waals surface area contributed by atoms with E-state index in [-0.39, 0.29) is 57.0 Å². The molecule has 0 radical (unpaired) electrons. The van der Waals surface area contributed by atoms with Crippen molar-refractivity contribution in [2.45, 2.75) is 141 Å². The Morgan fingerprint density at radius 2 is 1.13 bits per heavy atom. The van der Waals surface area contributed by atoms with Gasteiger partial charge in [-0.15, -0.1) is 0 Å². The van der Waals surface area contributed by atoms with Crippen LogP contribution >= 0.6 is 12.6 Å². The van der Waals surface area contributed by atoms with E-state index in [1.165, 1.54) is 4.90 Å². The molecule has 0 bridgehead atoms. The van der Waals surface area contributed by atoms with Crippen LogP contribution in [0.25, 0.3) is 0 Å². The molecule has 28 heteroatoms. The van der Waals surface area contributed by atoms with E-state index in [4.69, 9.17) is 17.2 Å². The molecule has 0 aromatic carbocycles. The number of aliphatic carboxylic acids is 2. The average molecular weight is 1030 g/mol. The molecule has 2 fully saturated rings. The zero-order valence-corrected chi connectivity index (χ0v) is 41.9. The van der Waals surface area contributed by atoms with E-state index in [9.17, 15) is 68.1 Å². The zero-order chi connectivity index (χ0) is 53.9. The van der Waals surface area contributed by atoms with Gasteiger partial charge in [-0.3, -0.25) is 52.9 Å². The van der Waals surface area contributed by atoms with Crippen molar-refractivity contribution in [2.75, 3.05) is 38.5 Å². The highest BCUT2D eigenvalue weighted by Crippen LogP contribution is 2.22. The summed E-state index contributed by atoms with van der Waals surface area (Å²) < 4.78 is 0. The fourth-order valence-corrected chi connectivity index (χ4v) is 7.99. The zero-order valence-electron chi connectivity index (χ0n) is 41.0. The van der Waals surface area contributed by atoms with Gasteiger partial charge in [0.1, 0.15) is 48.3 Å². The second-order valence-corrected chi connectivity index (χ2v) is 18.8. The summed E-state index contributed by atoms with van der Waals surface area (Å²) in [5.41, 5.74) is 16.7. The first-order chi connectivity index (χ1) is 33.2. The quantitative estimate of drug-likeness (QED) is 0.0151. The van der Waals surface area contributed by atoms with Crippen LogP contribution in [0.3, 0.4) is 0 Å². The van der Waals surface area contributed by atoms with Gasteiger partial charge >= 0.3 is 11.9 Å². The van der Waals surface area contributed by atoms with Crippen LogP contribution in [0, 0.1) is 17.8 Å². The first-order valence-corrected chi connectivity index (χ1v) is 24.1. The minimum Gasteiger partial charge on any atom is -0.481 e. The smallest absolute Gasteiger partial charge is 0.328 e. The van der Waals surface area contributed by atoms with E-state index in [0.29, 0.717) is 12.8 Å². The fraction of sp³-hybridized carbons (Fsp3) is 0.721. The number of hydrogen-bond acceptors (Lipinski definition) is 15. The number of nitrogens with zero attached hydrogens (tertiary/aromatic N) is 3. The van der Waals surface area contributed by atoms with Crippen LogP contribution in [-0.4, -0.2) is 189 Å². The van der Waals surface area contributed by atoms with Crippen LogP contribution in [0.4, 0.5) is 0 Å². The summed E-state index contributed by atoms with van der Waals surface area (Å²) in [4.78, 5) is 151. The Morgan fingerprint density at radius 3 is 1.61 bits per heavy atom. The van der Waals surface area contributed by atoms with Crippen molar-refractivity contribution in [3.8, 4) is 0 Å². The van der Waals surface area contributed by atoms with Crippen LogP contribution < -0.4 is 54.4 Å². The topological polar surface area (TPSA) is 430 Å². The Morgan fingerprint density at radius 1 is 0.648 bits per heavy atom. The summed E-state index contributed by atoms with van der Waals surface area (Å²) in [5.74, 6) is -12.1. The molecule has 0 aliphatic carbocycles. The van der Waals surface area contributed by atoms with Crippen LogP contribution in [0.15, 0.2) is 4.99 Å². The van der Waals surface area contributed by atoms with E-state index in [1.807, 2.05) is 0 Å². The number of carbonyl (C=O) groups is 11. The van der Waals surface area contributed by atoms with E-state index in [2.05, 4.69) is 54.8 Å². The van der Waals surface area contributed by atoms with E-state index in [1.54, 1.807) is 41.5 Å². The molecule has 27 nitrogen and oxygen atoms in total. The van der Waals surface area contributed by atoms with Gasteiger partial charge in [-0.1, -0.05) is 41.5 Å². The van der Waals surface area contributed by atoms with Crippen molar-refractivity contribution in [1.29, 1.82) is 0 Å². The minimum absolute atomic E-state index is 0.0133. The Balaban J connectivity index is 2.20. The Hall–Kier alpha value is -6.29. The second-order valence-electron chi connectivity index (χ2n) is 18.4. The molecule has 0 saturated carbocycles. The van der Waals surface area contributed by atoms with Crippen LogP contribution in [0.2, 0.25) is 0 Å². The maximum absolute atomic E-state index is 14.1. The molecule has 0 unspecified atom stereocenters. The number of amides is 9. The number of carboxylic acid groups (broad SMARTS) is 2. The standard InChI is InChI=1S/C43H73N13O14S/c1-20(2)31(52-29(58)17-48-34(61)24(10-7-13-47-43(45)46)49-35(62)27-11-8-14-55(27)40(67)23(44)19-71)37(64)50-25(16-30(59)60)41(68)56-15-9-12-28(56)36(63)53-33(22(5)6)39(66)54-32(21(3)4)38(65)51-26(18-57)42(69)70/h20-28,31-33,57,71H,7-19,44H2,1-6H3,(H,48,61)(H,49,62)(H,50,64)(H,51,65)(H,52,58)(H,53,63)(H,54,66)(H,59,60)(H,69,70)(H4,45,46,47)/t23-,24-,25-,26-,27-,28-,31-,32-,33-/m0/s1. The third kappa shape index (κ3) is 18.8. The average Bonchev–Trinajstić information content (AvgIpc) is 4.00. The van der Waals surface area contributed by atoms with Crippen LogP contribution in [0.1, 0.15) is 86.5 Å². The lowest BCUT2D eigenvalue weighted by Crippen LogP contribution is -2.61. The normalized spacial score (nSPS) is 18.5. The van der Waals surface area contributed by atoms with Gasteiger partial charge in [-0.2, -0.15) is 12.6 Å². The second kappa shape index (κ2) is 29.1. The molecular weight excluding hydrogens is 955 g/mol. The van der Waals surface area contributed by atoms with Gasteiger partial charge in [0.25, 0.3) is 0 Å². The number of hydrogen-bond donors (Lipinski definition) is 14. The molecule has 2 saturated heterocycles. The fourth-order valence-electron chi connectivity index (χ4n) is 7.83. The first-order valence-electron chi connectivity index (χ1n) is 23.4. The van der Waals surface area contributed by atoms with Crippen molar-refractivity contribution >= 4 is 83.7 Å². The van der Waals surface area contributed by atoms with Crippen molar-refractivity contribution in [1.82, 2.24) is 47.0 Å². The minimum atomic E-state index is -1.74. The van der Waals surface area contributed by atoms with Gasteiger partial charge < -0.3 is 79.5 Å². The highest BCUT2D eigenvalue weighted by molar-refractivity contribution is 7.80. The number of nitrogens with two attached hydrogens (primary N) is 3. The van der Waals surface area contributed by atoms with Gasteiger partial charge in [0.15, 0.2) is 5.96 Å². The molecule has 9 amide bonds. The molecule has 2 aliphatic rings. The Bertz CT molecular complexity index is 1970. The maximum Gasteiger partial charge on any atom is 0.328 e. The summed E-state index contributed by atoms with van der Waals surface area (Å²) in [6.07, 6.45) is 0.496. The number of guanidine groups is 1. The predicted octanol–water partition coefficient (Wildman–Crippen LogP) is -5.18. The van der Waals surface area contributed by atoms with Gasteiger partial charge in [-0.25, -0.2) is 4.79 Å². The van der Waals surface area contributed by atoms with E-state index in [0.717, 1.165) is 4.90 Å². The highest BCUT2D eigenvalue weighted by Gasteiger charge is 2.42. The lowest BCUT2D eigenvalue weighted by molar-refractivity contribution is -0.146. The molecule has 0 aromatic rings. The van der Waals surface area contributed by atoms with Crippen molar-refractivity contribution in [3.05, 3.63) is 0 Å².